The van der Waals surface area contributed by atoms with E-state index in [2.05, 4.69) is 9.84 Å². The Bertz CT molecular complexity index is 1080. The molecule has 39 heavy (non-hydrogen) atoms. The zero-order chi connectivity index (χ0) is 28.1. The highest BCUT2D eigenvalue weighted by Crippen LogP contribution is 2.31. The van der Waals surface area contributed by atoms with Gasteiger partial charge in [-0.1, -0.05) is 12.1 Å². The van der Waals surface area contributed by atoms with Crippen LogP contribution < -0.4 is 9.47 Å². The van der Waals surface area contributed by atoms with Crippen molar-refractivity contribution in [2.24, 2.45) is 0 Å². The highest BCUT2D eigenvalue weighted by molar-refractivity contribution is 5.59. The number of hydrogen-bond acceptors (Lipinski definition) is 11. The molecule has 0 saturated carbocycles. The van der Waals surface area contributed by atoms with Crippen LogP contribution in [0, 0.1) is 6.92 Å². The van der Waals surface area contributed by atoms with E-state index in [1.807, 2.05) is 49.7 Å². The van der Waals surface area contributed by atoms with Gasteiger partial charge in [-0.2, -0.15) is 0 Å². The Morgan fingerprint density at radius 2 is 1.87 bits per heavy atom. The van der Waals surface area contributed by atoms with Crippen molar-refractivity contribution in [3.05, 3.63) is 41.1 Å². The summed E-state index contributed by atoms with van der Waals surface area (Å²) in [4.78, 5) is 11.4. The van der Waals surface area contributed by atoms with Gasteiger partial charge in [-0.15, -0.1) is 5.10 Å². The number of hydrogen-bond donors (Lipinski definition) is 3. The van der Waals surface area contributed by atoms with Crippen molar-refractivity contribution in [1.29, 1.82) is 0 Å². The fourth-order valence-electron chi connectivity index (χ4n) is 4.67. The molecule has 2 fully saturated rings. The molecule has 2 saturated heterocycles. The number of nitrogens with zero attached hydrogens (tertiary/aromatic N) is 2. The summed E-state index contributed by atoms with van der Waals surface area (Å²) in [5.41, 5.74) is 2.63. The molecular weight excluding hydrogens is 512 g/mol. The molecule has 0 amide bonds. The van der Waals surface area contributed by atoms with Gasteiger partial charge in [0.05, 0.1) is 13.2 Å². The molecule has 2 aromatic rings. The van der Waals surface area contributed by atoms with Crippen LogP contribution in [0.15, 0.2) is 24.3 Å². The third-order valence-electron chi connectivity index (χ3n) is 6.92. The molecule has 216 valence electrons. The van der Waals surface area contributed by atoms with Crippen LogP contribution in [0.3, 0.4) is 0 Å². The van der Waals surface area contributed by atoms with Gasteiger partial charge in [-0.25, -0.2) is 4.79 Å². The maximum atomic E-state index is 11.4. The number of methoxy groups -OCH3 is 1. The monoisotopic (exact) mass is 550 g/mol. The van der Waals surface area contributed by atoms with Gasteiger partial charge < -0.3 is 43.7 Å². The van der Waals surface area contributed by atoms with Crippen molar-refractivity contribution in [2.45, 2.75) is 82.9 Å². The van der Waals surface area contributed by atoms with Crippen LogP contribution in [0.2, 0.25) is 0 Å². The number of aliphatic hydroxyl groups is 3. The molecule has 1 aromatic carbocycles. The number of benzene rings is 1. The summed E-state index contributed by atoms with van der Waals surface area (Å²) in [6.07, 6.45) is -5.52. The van der Waals surface area contributed by atoms with Crippen LogP contribution in [0.5, 0.6) is 11.6 Å². The lowest BCUT2D eigenvalue weighted by atomic mass is 9.99. The number of carbonyl (C=O) groups is 1. The zero-order valence-electron chi connectivity index (χ0n) is 22.7. The van der Waals surface area contributed by atoms with Gasteiger partial charge in [0.1, 0.15) is 43.4 Å². The van der Waals surface area contributed by atoms with E-state index in [1.54, 1.807) is 0 Å². The van der Waals surface area contributed by atoms with Crippen LogP contribution in [-0.2, 0) is 25.4 Å². The summed E-state index contributed by atoms with van der Waals surface area (Å²) in [7, 11) is 1.14. The van der Waals surface area contributed by atoms with Crippen molar-refractivity contribution in [2.75, 3.05) is 26.9 Å². The highest BCUT2D eigenvalue weighted by atomic mass is 16.7. The van der Waals surface area contributed by atoms with Crippen molar-refractivity contribution in [1.82, 2.24) is 9.78 Å². The van der Waals surface area contributed by atoms with Gasteiger partial charge in [-0.3, -0.25) is 4.68 Å². The molecule has 4 rings (SSSR count). The number of rotatable bonds is 10. The zero-order valence-corrected chi connectivity index (χ0v) is 22.7. The molecule has 3 heterocycles. The van der Waals surface area contributed by atoms with Gasteiger partial charge in [0.25, 0.3) is 0 Å². The highest BCUT2D eigenvalue weighted by Gasteiger charge is 2.46. The standard InChI is InChI=1S/C27H38N2O10/c1-15(2)29-16(3)20(12-17-7-9-18(10-8-17)36-13-19-6-5-11-35-19)25(28-29)39-26-24(32)23(31)22(30)21(38-26)14-37-27(33)34-4/h7-10,15,19,21-24,26,30-32H,5-6,11-14H2,1-4H3/t19?,21-,22-,23+,24-,26+/m1/s1. The van der Waals surface area contributed by atoms with Gasteiger partial charge in [-0.05, 0) is 51.3 Å². The summed E-state index contributed by atoms with van der Waals surface area (Å²) >= 11 is 0. The van der Waals surface area contributed by atoms with E-state index in [0.29, 0.717) is 13.0 Å². The van der Waals surface area contributed by atoms with E-state index in [1.165, 1.54) is 0 Å². The summed E-state index contributed by atoms with van der Waals surface area (Å²) < 4.78 is 34.3. The largest absolute Gasteiger partial charge is 0.508 e. The third-order valence-corrected chi connectivity index (χ3v) is 6.92. The van der Waals surface area contributed by atoms with E-state index in [9.17, 15) is 20.1 Å². The smallest absolute Gasteiger partial charge is 0.491 e. The van der Waals surface area contributed by atoms with E-state index >= 15 is 0 Å². The Morgan fingerprint density at radius 1 is 1.13 bits per heavy atom. The lowest BCUT2D eigenvalue weighted by molar-refractivity contribution is -0.278. The lowest BCUT2D eigenvalue weighted by Crippen LogP contribution is -2.60. The summed E-state index contributed by atoms with van der Waals surface area (Å²) in [6, 6.07) is 7.77. The second-order valence-electron chi connectivity index (χ2n) is 10.1. The number of aromatic nitrogens is 2. The molecule has 1 aromatic heterocycles. The first kappa shape index (κ1) is 29.1. The normalized spacial score (nSPS) is 27.0. The van der Waals surface area contributed by atoms with Crippen molar-refractivity contribution in [3.63, 3.8) is 0 Å². The molecule has 12 nitrogen and oxygen atoms in total. The molecule has 0 aliphatic carbocycles. The second kappa shape index (κ2) is 13.0. The first-order valence-electron chi connectivity index (χ1n) is 13.2. The quantitative estimate of drug-likeness (QED) is 0.372. The third kappa shape index (κ3) is 7.00. The van der Waals surface area contributed by atoms with Crippen molar-refractivity contribution < 1.29 is 48.5 Å². The van der Waals surface area contributed by atoms with Crippen LogP contribution in [0.4, 0.5) is 4.79 Å². The van der Waals surface area contributed by atoms with Gasteiger partial charge in [0.15, 0.2) is 0 Å². The molecule has 1 unspecified atom stereocenters. The minimum Gasteiger partial charge on any atom is -0.491 e. The number of aliphatic hydroxyl groups excluding tert-OH is 3. The maximum Gasteiger partial charge on any atom is 0.508 e. The predicted octanol–water partition coefficient (Wildman–Crippen LogP) is 1.89. The molecule has 3 N–H and O–H groups in total. The summed E-state index contributed by atoms with van der Waals surface area (Å²) in [5.74, 6) is 0.979. The molecule has 0 spiro atoms. The molecule has 2 aliphatic rings. The van der Waals surface area contributed by atoms with E-state index in [-0.39, 0.29) is 18.0 Å². The van der Waals surface area contributed by atoms with Crippen LogP contribution in [-0.4, -0.2) is 95.0 Å². The SMILES string of the molecule is COC(=O)OC[C@H]1O[C@@H](Oc2nn(C(C)C)c(C)c2Cc2ccc(OCC3CCCO3)cc2)[C@H](O)[C@@H](O)[C@@H]1O. The summed E-state index contributed by atoms with van der Waals surface area (Å²) in [5, 5.41) is 35.9. The predicted molar refractivity (Wildman–Crippen MR) is 137 cm³/mol. The number of ether oxygens (including phenoxy) is 6. The Labute approximate surface area is 227 Å². The molecule has 0 bridgehead atoms. The molecule has 0 radical (unpaired) electrons. The van der Waals surface area contributed by atoms with Gasteiger partial charge in [0, 0.05) is 30.3 Å². The first-order valence-corrected chi connectivity index (χ1v) is 13.2. The van der Waals surface area contributed by atoms with Crippen LogP contribution >= 0.6 is 0 Å². The second-order valence-corrected chi connectivity index (χ2v) is 10.1. The first-order chi connectivity index (χ1) is 18.7. The van der Waals surface area contributed by atoms with Crippen molar-refractivity contribution >= 4 is 6.16 Å². The number of carbonyl (C=O) groups excluding carboxylic acids is 1. The molecule has 6 atom stereocenters. The minimum absolute atomic E-state index is 0.0282. The Hall–Kier alpha value is -2.90. The van der Waals surface area contributed by atoms with Gasteiger partial charge in [0.2, 0.25) is 12.2 Å². The average molecular weight is 551 g/mol. The van der Waals surface area contributed by atoms with E-state index in [4.69, 9.17) is 23.7 Å². The Kier molecular flexibility index (Phi) is 9.67. The lowest BCUT2D eigenvalue weighted by Gasteiger charge is -2.39. The molecular formula is C27H38N2O10. The Balaban J connectivity index is 1.49. The summed E-state index contributed by atoms with van der Waals surface area (Å²) in [6.45, 7) is 6.79. The minimum atomic E-state index is -1.60. The topological polar surface area (TPSA) is 151 Å². The van der Waals surface area contributed by atoms with Gasteiger partial charge >= 0.3 is 6.16 Å². The Morgan fingerprint density at radius 3 is 2.51 bits per heavy atom. The van der Waals surface area contributed by atoms with Crippen LogP contribution in [0.1, 0.15) is 49.6 Å². The van der Waals surface area contributed by atoms with Crippen LogP contribution in [0.25, 0.3) is 0 Å². The maximum absolute atomic E-state index is 11.4. The van der Waals surface area contributed by atoms with Crippen molar-refractivity contribution in [3.8, 4) is 11.6 Å². The van der Waals surface area contributed by atoms with E-state index in [0.717, 1.165) is 49.1 Å². The van der Waals surface area contributed by atoms with E-state index < -0.39 is 43.5 Å². The fourth-order valence-corrected chi connectivity index (χ4v) is 4.67. The molecule has 12 heteroatoms. The average Bonchev–Trinajstić information content (AvgIpc) is 3.56. The fraction of sp³-hybridized carbons (Fsp3) is 0.630. The molecule has 2 aliphatic heterocycles.